The van der Waals surface area contributed by atoms with Crippen LogP contribution in [0.4, 0.5) is 0 Å². The molecular weight excluding hydrogens is 443 g/mol. The van der Waals surface area contributed by atoms with Crippen molar-refractivity contribution in [3.63, 3.8) is 0 Å². The Balaban J connectivity index is 0.00000338. The Morgan fingerprint density at radius 1 is 1.15 bits per heavy atom. The van der Waals surface area contributed by atoms with Crippen LogP contribution in [-0.2, 0) is 9.53 Å². The summed E-state index contributed by atoms with van der Waals surface area (Å²) in [5.41, 5.74) is 1.19. The van der Waals surface area contributed by atoms with Crippen molar-refractivity contribution >= 4 is 46.6 Å². The van der Waals surface area contributed by atoms with Crippen LogP contribution in [0.3, 0.4) is 0 Å². The van der Waals surface area contributed by atoms with Crippen LogP contribution in [0.2, 0.25) is 0 Å². The normalized spacial score (nSPS) is 12.2. The number of carbonyl (C=O) groups excluding carboxylic acids is 1. The lowest BCUT2D eigenvalue weighted by Crippen LogP contribution is -2.44. The summed E-state index contributed by atoms with van der Waals surface area (Å²) in [6, 6.07) is 14.6. The minimum absolute atomic E-state index is 0. The number of guanidine groups is 1. The fourth-order valence-corrected chi connectivity index (χ4v) is 2.62. The van der Waals surface area contributed by atoms with E-state index in [0.29, 0.717) is 19.1 Å². The molecule has 0 saturated heterocycles. The Morgan fingerprint density at radius 3 is 2.62 bits per heavy atom. The van der Waals surface area contributed by atoms with Crippen molar-refractivity contribution in [3.8, 4) is 0 Å². The third-order valence-electron chi connectivity index (χ3n) is 3.91. The summed E-state index contributed by atoms with van der Waals surface area (Å²) >= 11 is 0. The van der Waals surface area contributed by atoms with E-state index in [2.05, 4.69) is 58.2 Å². The van der Waals surface area contributed by atoms with Crippen molar-refractivity contribution in [1.29, 1.82) is 0 Å². The zero-order valence-electron chi connectivity index (χ0n) is 15.4. The van der Waals surface area contributed by atoms with Crippen molar-refractivity contribution in [3.05, 3.63) is 48.0 Å². The van der Waals surface area contributed by atoms with E-state index in [1.165, 1.54) is 16.3 Å². The third-order valence-corrected chi connectivity index (χ3v) is 3.91. The lowest BCUT2D eigenvalue weighted by molar-refractivity contribution is -0.120. The minimum Gasteiger partial charge on any atom is -0.383 e. The van der Waals surface area contributed by atoms with E-state index in [1.54, 1.807) is 14.2 Å². The summed E-state index contributed by atoms with van der Waals surface area (Å²) in [7, 11) is 3.29. The molecule has 0 aliphatic heterocycles. The lowest BCUT2D eigenvalue weighted by atomic mass is 10.00. The highest BCUT2D eigenvalue weighted by atomic mass is 127. The first-order chi connectivity index (χ1) is 12.2. The number of fused-ring (bicyclic) bond motifs is 1. The number of nitrogens with one attached hydrogen (secondary N) is 3. The second-order valence-corrected chi connectivity index (χ2v) is 5.70. The Kier molecular flexibility index (Phi) is 9.97. The molecule has 2 rings (SSSR count). The van der Waals surface area contributed by atoms with E-state index in [9.17, 15) is 4.79 Å². The van der Waals surface area contributed by atoms with Crippen LogP contribution in [0.15, 0.2) is 47.5 Å². The largest absolute Gasteiger partial charge is 0.383 e. The second-order valence-electron chi connectivity index (χ2n) is 5.70. The molecule has 0 saturated carbocycles. The maximum atomic E-state index is 11.8. The molecular formula is C19H27IN4O2. The molecule has 3 N–H and O–H groups in total. The van der Waals surface area contributed by atoms with Gasteiger partial charge in [0.1, 0.15) is 0 Å². The van der Waals surface area contributed by atoms with Crippen molar-refractivity contribution in [2.24, 2.45) is 4.99 Å². The number of rotatable bonds is 7. The standard InChI is InChI=1S/C19H26N4O2.HI/c1-14(16-10-6-8-15-7-4-5-9-17(15)16)23-19(20-2)22-13-18(24)21-11-12-25-3;/h4-10,14H,11-13H2,1-3H3,(H,21,24)(H2,20,22,23);1H. The highest BCUT2D eigenvalue weighted by Crippen LogP contribution is 2.23. The van der Waals surface area contributed by atoms with Gasteiger partial charge in [-0.3, -0.25) is 9.79 Å². The van der Waals surface area contributed by atoms with Gasteiger partial charge in [0, 0.05) is 20.7 Å². The van der Waals surface area contributed by atoms with Gasteiger partial charge in [0.2, 0.25) is 5.91 Å². The van der Waals surface area contributed by atoms with Gasteiger partial charge in [-0.15, -0.1) is 24.0 Å². The smallest absolute Gasteiger partial charge is 0.239 e. The molecule has 0 aliphatic rings. The summed E-state index contributed by atoms with van der Waals surface area (Å²) in [5, 5.41) is 11.5. The molecule has 0 spiro atoms. The van der Waals surface area contributed by atoms with Crippen LogP contribution >= 0.6 is 24.0 Å². The molecule has 0 radical (unpaired) electrons. The third kappa shape index (κ3) is 6.45. The van der Waals surface area contributed by atoms with Crippen molar-refractivity contribution in [2.45, 2.75) is 13.0 Å². The molecule has 0 fully saturated rings. The van der Waals surface area contributed by atoms with Gasteiger partial charge in [-0.2, -0.15) is 0 Å². The number of benzene rings is 2. The molecule has 0 aromatic heterocycles. The molecule has 2 aromatic carbocycles. The summed E-state index contributed by atoms with van der Waals surface area (Å²) in [6.45, 7) is 3.23. The maximum absolute atomic E-state index is 11.8. The first kappa shape index (κ1) is 22.2. The predicted molar refractivity (Wildman–Crippen MR) is 117 cm³/mol. The van der Waals surface area contributed by atoms with Crippen LogP contribution in [-0.4, -0.2) is 45.7 Å². The quantitative estimate of drug-likeness (QED) is 0.252. The monoisotopic (exact) mass is 470 g/mol. The molecule has 0 heterocycles. The number of carbonyl (C=O) groups is 1. The number of methoxy groups -OCH3 is 1. The second kappa shape index (κ2) is 11.7. The number of nitrogens with zero attached hydrogens (tertiary/aromatic N) is 1. The van der Waals surface area contributed by atoms with Gasteiger partial charge in [0.15, 0.2) is 5.96 Å². The molecule has 26 heavy (non-hydrogen) atoms. The van der Waals surface area contributed by atoms with Crippen molar-refractivity contribution in [2.75, 3.05) is 33.9 Å². The Labute approximate surface area is 171 Å². The van der Waals surface area contributed by atoms with Gasteiger partial charge < -0.3 is 20.7 Å². The maximum Gasteiger partial charge on any atom is 0.239 e. The first-order valence-corrected chi connectivity index (χ1v) is 8.36. The fourth-order valence-electron chi connectivity index (χ4n) is 2.62. The highest BCUT2D eigenvalue weighted by Gasteiger charge is 2.11. The zero-order valence-corrected chi connectivity index (χ0v) is 17.7. The summed E-state index contributed by atoms with van der Waals surface area (Å²) < 4.78 is 4.90. The molecule has 1 amide bonds. The molecule has 6 nitrogen and oxygen atoms in total. The molecule has 1 atom stereocenters. The Bertz CT molecular complexity index is 731. The number of aliphatic imine (C=N–C) groups is 1. The zero-order chi connectivity index (χ0) is 18.1. The number of amides is 1. The Hall–Kier alpha value is -1.87. The molecule has 142 valence electrons. The van der Waals surface area contributed by atoms with Crippen LogP contribution in [0, 0.1) is 0 Å². The van der Waals surface area contributed by atoms with E-state index >= 15 is 0 Å². The van der Waals surface area contributed by atoms with Gasteiger partial charge in [0.25, 0.3) is 0 Å². The molecule has 0 bridgehead atoms. The van der Waals surface area contributed by atoms with E-state index in [1.807, 2.05) is 12.1 Å². The van der Waals surface area contributed by atoms with Gasteiger partial charge in [-0.25, -0.2) is 0 Å². The van der Waals surface area contributed by atoms with Gasteiger partial charge >= 0.3 is 0 Å². The number of halogens is 1. The van der Waals surface area contributed by atoms with E-state index in [0.717, 1.165) is 0 Å². The van der Waals surface area contributed by atoms with Crippen LogP contribution in [0.25, 0.3) is 10.8 Å². The summed E-state index contributed by atoms with van der Waals surface area (Å²) in [6.07, 6.45) is 0. The van der Waals surface area contributed by atoms with Crippen LogP contribution < -0.4 is 16.0 Å². The summed E-state index contributed by atoms with van der Waals surface area (Å²) in [5.74, 6) is 0.486. The average molecular weight is 470 g/mol. The summed E-state index contributed by atoms with van der Waals surface area (Å²) in [4.78, 5) is 15.9. The minimum atomic E-state index is -0.0992. The molecule has 0 aliphatic carbocycles. The number of hydrogen-bond donors (Lipinski definition) is 3. The van der Waals surface area contributed by atoms with Crippen LogP contribution in [0.5, 0.6) is 0 Å². The van der Waals surface area contributed by atoms with Gasteiger partial charge in [0.05, 0.1) is 19.2 Å². The van der Waals surface area contributed by atoms with Crippen molar-refractivity contribution in [1.82, 2.24) is 16.0 Å². The SMILES string of the molecule is CN=C(NCC(=O)NCCOC)NC(C)c1cccc2ccccc12.I. The Morgan fingerprint density at radius 2 is 1.88 bits per heavy atom. The molecule has 2 aromatic rings. The van der Waals surface area contributed by atoms with Crippen molar-refractivity contribution < 1.29 is 9.53 Å². The van der Waals surface area contributed by atoms with E-state index < -0.39 is 0 Å². The van der Waals surface area contributed by atoms with E-state index in [4.69, 9.17) is 4.74 Å². The van der Waals surface area contributed by atoms with Crippen LogP contribution in [0.1, 0.15) is 18.5 Å². The van der Waals surface area contributed by atoms with Gasteiger partial charge in [-0.05, 0) is 23.3 Å². The van der Waals surface area contributed by atoms with E-state index in [-0.39, 0.29) is 42.5 Å². The average Bonchev–Trinajstić information content (AvgIpc) is 2.64. The first-order valence-electron chi connectivity index (χ1n) is 8.36. The number of hydrogen-bond acceptors (Lipinski definition) is 3. The fraction of sp³-hybridized carbons (Fsp3) is 0.368. The topological polar surface area (TPSA) is 74.8 Å². The predicted octanol–water partition coefficient (Wildman–Crippen LogP) is 2.45. The number of ether oxygens (including phenoxy) is 1. The lowest BCUT2D eigenvalue weighted by Gasteiger charge is -2.19. The van der Waals surface area contributed by atoms with Gasteiger partial charge in [-0.1, -0.05) is 42.5 Å². The molecule has 1 unspecified atom stereocenters. The molecule has 7 heteroatoms. The highest BCUT2D eigenvalue weighted by molar-refractivity contribution is 14.0.